The summed E-state index contributed by atoms with van der Waals surface area (Å²) in [5.74, 6) is 2.76. The number of hydrogen-bond acceptors (Lipinski definition) is 2. The molecule has 1 saturated carbocycles. The molecular formula is C16H30N2. The molecule has 0 amide bonds. The van der Waals surface area contributed by atoms with Gasteiger partial charge in [-0.25, -0.2) is 0 Å². The zero-order valence-electron chi connectivity index (χ0n) is 12.6. The molecule has 18 heavy (non-hydrogen) atoms. The lowest BCUT2D eigenvalue weighted by atomic mass is 9.90. The van der Waals surface area contributed by atoms with Gasteiger partial charge in [-0.15, -0.1) is 0 Å². The molecule has 3 aliphatic rings. The highest BCUT2D eigenvalue weighted by atomic mass is 15.2. The monoisotopic (exact) mass is 250 g/mol. The van der Waals surface area contributed by atoms with Gasteiger partial charge in [0, 0.05) is 18.6 Å². The quantitative estimate of drug-likeness (QED) is 0.811. The molecule has 0 aromatic heterocycles. The van der Waals surface area contributed by atoms with Gasteiger partial charge >= 0.3 is 0 Å². The molecule has 1 aliphatic carbocycles. The Morgan fingerprint density at radius 2 is 2.00 bits per heavy atom. The van der Waals surface area contributed by atoms with Crippen LogP contribution in [0.5, 0.6) is 0 Å². The van der Waals surface area contributed by atoms with Crippen LogP contribution in [0.1, 0.15) is 47.0 Å². The van der Waals surface area contributed by atoms with Crippen LogP contribution in [0.3, 0.4) is 0 Å². The van der Waals surface area contributed by atoms with Gasteiger partial charge in [0.25, 0.3) is 0 Å². The topological polar surface area (TPSA) is 15.3 Å². The fourth-order valence-corrected chi connectivity index (χ4v) is 5.28. The van der Waals surface area contributed by atoms with Crippen molar-refractivity contribution < 1.29 is 0 Å². The van der Waals surface area contributed by atoms with Crippen LogP contribution in [0, 0.1) is 23.2 Å². The highest BCUT2D eigenvalue weighted by Crippen LogP contribution is 2.47. The Hall–Kier alpha value is -0.0800. The Balaban J connectivity index is 1.76. The molecule has 0 bridgehead atoms. The first-order valence-electron chi connectivity index (χ1n) is 7.98. The van der Waals surface area contributed by atoms with Gasteiger partial charge in [-0.2, -0.15) is 0 Å². The summed E-state index contributed by atoms with van der Waals surface area (Å²) in [7, 11) is 0. The Bertz CT molecular complexity index is 312. The van der Waals surface area contributed by atoms with Crippen LogP contribution >= 0.6 is 0 Å². The van der Waals surface area contributed by atoms with Gasteiger partial charge in [0.05, 0.1) is 0 Å². The molecule has 2 nitrogen and oxygen atoms in total. The van der Waals surface area contributed by atoms with E-state index in [1.54, 1.807) is 0 Å². The molecule has 3 rings (SSSR count). The van der Waals surface area contributed by atoms with Crippen molar-refractivity contribution in [3.05, 3.63) is 0 Å². The first-order valence-corrected chi connectivity index (χ1v) is 7.98. The summed E-state index contributed by atoms with van der Waals surface area (Å²) in [4.78, 5) is 2.91. The van der Waals surface area contributed by atoms with Crippen molar-refractivity contribution in [2.24, 2.45) is 23.2 Å². The van der Waals surface area contributed by atoms with Crippen molar-refractivity contribution >= 4 is 0 Å². The average molecular weight is 250 g/mol. The van der Waals surface area contributed by atoms with E-state index in [9.17, 15) is 0 Å². The van der Waals surface area contributed by atoms with Crippen LogP contribution in [-0.4, -0.2) is 36.6 Å². The maximum absolute atomic E-state index is 3.60. The van der Waals surface area contributed by atoms with Crippen molar-refractivity contribution in [1.82, 2.24) is 10.2 Å². The van der Waals surface area contributed by atoms with Crippen molar-refractivity contribution in [2.45, 2.75) is 59.0 Å². The van der Waals surface area contributed by atoms with Gasteiger partial charge in [0.2, 0.25) is 0 Å². The molecule has 5 atom stereocenters. The first kappa shape index (κ1) is 12.9. The van der Waals surface area contributed by atoms with Gasteiger partial charge in [-0.3, -0.25) is 4.90 Å². The summed E-state index contributed by atoms with van der Waals surface area (Å²) in [5.41, 5.74) is 0.568. The lowest BCUT2D eigenvalue weighted by molar-refractivity contribution is 0.126. The van der Waals surface area contributed by atoms with E-state index in [-0.39, 0.29) is 0 Å². The minimum atomic E-state index is 0.568. The van der Waals surface area contributed by atoms with E-state index >= 15 is 0 Å². The number of likely N-dealkylation sites (tertiary alicyclic amines) is 1. The molecule has 0 spiro atoms. The van der Waals surface area contributed by atoms with Crippen molar-refractivity contribution in [1.29, 1.82) is 0 Å². The summed E-state index contributed by atoms with van der Waals surface area (Å²) in [6.45, 7) is 13.7. The molecule has 3 fully saturated rings. The summed E-state index contributed by atoms with van der Waals surface area (Å²) in [6.07, 6.45) is 4.17. The van der Waals surface area contributed by atoms with Crippen molar-refractivity contribution in [3.63, 3.8) is 0 Å². The van der Waals surface area contributed by atoms with Crippen LogP contribution < -0.4 is 5.32 Å². The van der Waals surface area contributed by atoms with E-state index in [1.165, 1.54) is 38.9 Å². The average Bonchev–Trinajstić information content (AvgIpc) is 2.89. The van der Waals surface area contributed by atoms with Crippen LogP contribution in [-0.2, 0) is 0 Å². The van der Waals surface area contributed by atoms with Gasteiger partial charge in [-0.05, 0) is 55.5 Å². The Morgan fingerprint density at radius 3 is 2.61 bits per heavy atom. The maximum Gasteiger partial charge on any atom is 0.0140 e. The van der Waals surface area contributed by atoms with Gasteiger partial charge in [-0.1, -0.05) is 27.7 Å². The third-order valence-electron chi connectivity index (χ3n) is 5.89. The normalized spacial score (nSPS) is 47.7. The second kappa shape index (κ2) is 4.49. The van der Waals surface area contributed by atoms with Crippen molar-refractivity contribution in [3.8, 4) is 0 Å². The first-order chi connectivity index (χ1) is 8.52. The van der Waals surface area contributed by atoms with Crippen LogP contribution in [0.2, 0.25) is 0 Å². The van der Waals surface area contributed by atoms with Crippen LogP contribution in [0.4, 0.5) is 0 Å². The van der Waals surface area contributed by atoms with E-state index in [1.807, 2.05) is 0 Å². The molecule has 0 radical (unpaired) electrons. The standard InChI is InChI=1S/C16H30N2/c1-5-14-13-9-17-8-12(13)10-18(14)15-7-16(3,4)6-11(15)2/h11-15,17H,5-10H2,1-4H3. The zero-order valence-corrected chi connectivity index (χ0v) is 12.6. The lowest BCUT2D eigenvalue weighted by Crippen LogP contribution is -2.43. The second-order valence-corrected chi connectivity index (χ2v) is 7.87. The third kappa shape index (κ3) is 2.02. The molecule has 0 aromatic carbocycles. The highest BCUT2D eigenvalue weighted by Gasteiger charge is 2.49. The number of rotatable bonds is 2. The van der Waals surface area contributed by atoms with Gasteiger partial charge < -0.3 is 5.32 Å². The number of fused-ring (bicyclic) bond motifs is 1. The van der Waals surface area contributed by atoms with E-state index in [0.29, 0.717) is 5.41 Å². The number of nitrogens with one attached hydrogen (secondary N) is 1. The highest BCUT2D eigenvalue weighted by molar-refractivity contribution is 5.03. The Kier molecular flexibility index (Phi) is 3.22. The third-order valence-corrected chi connectivity index (χ3v) is 5.89. The molecule has 2 heterocycles. The second-order valence-electron chi connectivity index (χ2n) is 7.87. The lowest BCUT2D eigenvalue weighted by Gasteiger charge is -2.35. The van der Waals surface area contributed by atoms with Gasteiger partial charge in [0.15, 0.2) is 0 Å². The molecule has 0 aromatic rings. The van der Waals surface area contributed by atoms with E-state index in [0.717, 1.165) is 29.8 Å². The van der Waals surface area contributed by atoms with E-state index in [4.69, 9.17) is 0 Å². The summed E-state index contributed by atoms with van der Waals surface area (Å²) in [5, 5.41) is 3.60. The summed E-state index contributed by atoms with van der Waals surface area (Å²) in [6, 6.07) is 1.71. The number of nitrogens with zero attached hydrogens (tertiary/aromatic N) is 1. The summed E-state index contributed by atoms with van der Waals surface area (Å²) >= 11 is 0. The molecule has 2 heteroatoms. The molecule has 5 unspecified atom stereocenters. The molecule has 2 saturated heterocycles. The fourth-order valence-electron chi connectivity index (χ4n) is 5.28. The molecular weight excluding hydrogens is 220 g/mol. The summed E-state index contributed by atoms with van der Waals surface area (Å²) < 4.78 is 0. The maximum atomic E-state index is 3.60. The molecule has 2 aliphatic heterocycles. The zero-order chi connectivity index (χ0) is 12.9. The smallest absolute Gasteiger partial charge is 0.0140 e. The van der Waals surface area contributed by atoms with Crippen molar-refractivity contribution in [2.75, 3.05) is 19.6 Å². The molecule has 104 valence electrons. The SMILES string of the molecule is CCC1C2CNCC2CN1C1CC(C)(C)CC1C. The predicted octanol–water partition coefficient (Wildman–Crippen LogP) is 2.74. The minimum absolute atomic E-state index is 0.568. The Labute approximate surface area is 113 Å². The predicted molar refractivity (Wildman–Crippen MR) is 76.6 cm³/mol. The van der Waals surface area contributed by atoms with Crippen LogP contribution in [0.15, 0.2) is 0 Å². The van der Waals surface area contributed by atoms with Gasteiger partial charge in [0.1, 0.15) is 0 Å². The van der Waals surface area contributed by atoms with Crippen LogP contribution in [0.25, 0.3) is 0 Å². The molecule has 1 N–H and O–H groups in total. The fraction of sp³-hybridized carbons (Fsp3) is 1.00. The van der Waals surface area contributed by atoms with E-state index < -0.39 is 0 Å². The Morgan fingerprint density at radius 1 is 1.22 bits per heavy atom. The largest absolute Gasteiger partial charge is 0.316 e. The van der Waals surface area contributed by atoms with E-state index in [2.05, 4.69) is 37.9 Å². The minimum Gasteiger partial charge on any atom is -0.316 e. The number of hydrogen-bond donors (Lipinski definition) is 1.